The largest absolute Gasteiger partial charge is 0.370 e. The Morgan fingerprint density at radius 2 is 2.18 bits per heavy atom. The number of hydrogen-bond acceptors (Lipinski definition) is 5. The van der Waals surface area contributed by atoms with Gasteiger partial charge in [-0.25, -0.2) is 0 Å². The molecule has 1 aromatic heterocycles. The van der Waals surface area contributed by atoms with Crippen LogP contribution in [0, 0.1) is 0 Å². The highest BCUT2D eigenvalue weighted by Crippen LogP contribution is 2.15. The van der Waals surface area contributed by atoms with Crippen LogP contribution in [0.15, 0.2) is 5.16 Å². The van der Waals surface area contributed by atoms with Gasteiger partial charge in [-0.15, -0.1) is 10.2 Å². The number of aromatic nitrogens is 3. The number of carbonyl (C=O) groups excluding carboxylic acids is 2. The SMILES string of the molecule is CNC(=O)CSc1nnc(CCC(N)=O)n1C. The lowest BCUT2D eigenvalue weighted by molar-refractivity contribution is -0.118. The number of primary amides is 1. The van der Waals surface area contributed by atoms with Gasteiger partial charge in [-0.1, -0.05) is 11.8 Å². The number of thioether (sulfide) groups is 1. The molecule has 0 aromatic carbocycles. The fourth-order valence-electron chi connectivity index (χ4n) is 1.13. The molecule has 94 valence electrons. The van der Waals surface area contributed by atoms with Gasteiger partial charge in [0, 0.05) is 26.9 Å². The Kier molecular flexibility index (Phi) is 4.95. The number of aryl methyl sites for hydroxylation is 1. The van der Waals surface area contributed by atoms with E-state index >= 15 is 0 Å². The first-order valence-corrected chi connectivity index (χ1v) is 6.03. The molecular formula is C9H15N5O2S. The molecule has 0 aliphatic heterocycles. The quantitative estimate of drug-likeness (QED) is 0.641. The van der Waals surface area contributed by atoms with Gasteiger partial charge in [0.1, 0.15) is 5.82 Å². The summed E-state index contributed by atoms with van der Waals surface area (Å²) in [7, 11) is 3.38. The van der Waals surface area contributed by atoms with Crippen molar-refractivity contribution in [3.05, 3.63) is 5.82 Å². The molecule has 2 amide bonds. The molecule has 0 atom stereocenters. The van der Waals surface area contributed by atoms with Gasteiger partial charge in [0.2, 0.25) is 11.8 Å². The molecule has 0 spiro atoms. The molecule has 0 radical (unpaired) electrons. The second-order valence-corrected chi connectivity index (χ2v) is 4.33. The van der Waals surface area contributed by atoms with Crippen molar-refractivity contribution in [2.45, 2.75) is 18.0 Å². The van der Waals surface area contributed by atoms with E-state index in [1.54, 1.807) is 18.7 Å². The van der Waals surface area contributed by atoms with E-state index in [0.717, 1.165) is 0 Å². The van der Waals surface area contributed by atoms with Gasteiger partial charge < -0.3 is 15.6 Å². The fourth-order valence-corrected chi connectivity index (χ4v) is 1.93. The van der Waals surface area contributed by atoms with Gasteiger partial charge >= 0.3 is 0 Å². The maximum Gasteiger partial charge on any atom is 0.230 e. The summed E-state index contributed by atoms with van der Waals surface area (Å²) in [5.74, 6) is 0.533. The monoisotopic (exact) mass is 257 g/mol. The Hall–Kier alpha value is -1.57. The third kappa shape index (κ3) is 4.06. The van der Waals surface area contributed by atoms with Gasteiger partial charge in [0.25, 0.3) is 0 Å². The predicted molar refractivity (Wildman–Crippen MR) is 63.3 cm³/mol. The smallest absolute Gasteiger partial charge is 0.230 e. The summed E-state index contributed by atoms with van der Waals surface area (Å²) in [4.78, 5) is 21.7. The number of nitrogens with one attached hydrogen (secondary N) is 1. The van der Waals surface area contributed by atoms with Gasteiger partial charge in [0.05, 0.1) is 5.75 Å². The topological polar surface area (TPSA) is 103 Å². The normalized spacial score (nSPS) is 10.2. The third-order valence-corrected chi connectivity index (χ3v) is 3.15. The van der Waals surface area contributed by atoms with Crippen LogP contribution in [0.5, 0.6) is 0 Å². The van der Waals surface area contributed by atoms with Crippen LogP contribution in [0.3, 0.4) is 0 Å². The summed E-state index contributed by atoms with van der Waals surface area (Å²) in [6.07, 6.45) is 0.700. The minimum absolute atomic E-state index is 0.0725. The standard InChI is InChI=1S/C9H15N5O2S/c1-11-8(16)5-17-9-13-12-7(14(9)2)4-3-6(10)15/h3-5H2,1-2H3,(H2,10,15)(H,11,16). The van der Waals surface area contributed by atoms with E-state index in [0.29, 0.717) is 17.4 Å². The maximum absolute atomic E-state index is 11.1. The van der Waals surface area contributed by atoms with Crippen molar-refractivity contribution in [1.29, 1.82) is 0 Å². The number of rotatable bonds is 6. The van der Waals surface area contributed by atoms with Crippen molar-refractivity contribution in [2.24, 2.45) is 12.8 Å². The number of carbonyl (C=O) groups is 2. The highest BCUT2D eigenvalue weighted by molar-refractivity contribution is 7.99. The van der Waals surface area contributed by atoms with Crippen molar-refractivity contribution < 1.29 is 9.59 Å². The van der Waals surface area contributed by atoms with Crippen LogP contribution < -0.4 is 11.1 Å². The average molecular weight is 257 g/mol. The van der Waals surface area contributed by atoms with Crippen LogP contribution in [0.2, 0.25) is 0 Å². The van der Waals surface area contributed by atoms with Crippen LogP contribution in [0.4, 0.5) is 0 Å². The van der Waals surface area contributed by atoms with Gasteiger partial charge in [-0.3, -0.25) is 9.59 Å². The van der Waals surface area contributed by atoms with Gasteiger partial charge in [0.15, 0.2) is 5.16 Å². The summed E-state index contributed by atoms with van der Waals surface area (Å²) in [6.45, 7) is 0. The van der Waals surface area contributed by atoms with E-state index < -0.39 is 0 Å². The number of amides is 2. The molecule has 0 fully saturated rings. The third-order valence-electron chi connectivity index (χ3n) is 2.13. The Morgan fingerprint density at radius 1 is 1.47 bits per heavy atom. The molecule has 17 heavy (non-hydrogen) atoms. The molecule has 8 heteroatoms. The Labute approximate surface area is 103 Å². The zero-order valence-corrected chi connectivity index (χ0v) is 10.6. The number of nitrogens with zero attached hydrogens (tertiary/aromatic N) is 3. The molecule has 0 saturated heterocycles. The molecule has 1 heterocycles. The summed E-state index contributed by atoms with van der Waals surface area (Å²) in [5.41, 5.74) is 5.06. The van der Waals surface area contributed by atoms with E-state index in [9.17, 15) is 9.59 Å². The van der Waals surface area contributed by atoms with Gasteiger partial charge in [-0.2, -0.15) is 0 Å². The maximum atomic E-state index is 11.1. The Morgan fingerprint density at radius 3 is 2.76 bits per heavy atom. The van der Waals surface area contributed by atoms with Crippen molar-refractivity contribution in [1.82, 2.24) is 20.1 Å². The lowest BCUT2D eigenvalue weighted by Crippen LogP contribution is -2.20. The predicted octanol–water partition coefficient (Wildman–Crippen LogP) is -0.929. The number of nitrogens with two attached hydrogens (primary N) is 1. The summed E-state index contributed by atoms with van der Waals surface area (Å²) in [6, 6.07) is 0. The average Bonchev–Trinajstić information content (AvgIpc) is 2.64. The second kappa shape index (κ2) is 6.24. The number of hydrogen-bond donors (Lipinski definition) is 2. The molecule has 0 bridgehead atoms. The molecule has 0 saturated carbocycles. The van der Waals surface area contributed by atoms with Crippen molar-refractivity contribution >= 4 is 23.6 Å². The summed E-state index contributed by atoms with van der Waals surface area (Å²) >= 11 is 1.30. The molecule has 7 nitrogen and oxygen atoms in total. The van der Waals surface area contributed by atoms with E-state index in [2.05, 4.69) is 15.5 Å². The highest BCUT2D eigenvalue weighted by Gasteiger charge is 2.11. The van der Waals surface area contributed by atoms with Crippen LogP contribution >= 0.6 is 11.8 Å². The lowest BCUT2D eigenvalue weighted by Gasteiger charge is -2.02. The lowest BCUT2D eigenvalue weighted by atomic mass is 10.3. The van der Waals surface area contributed by atoms with E-state index in [4.69, 9.17) is 5.73 Å². The van der Waals surface area contributed by atoms with E-state index in [-0.39, 0.29) is 24.0 Å². The van der Waals surface area contributed by atoms with Crippen LogP contribution in [0.1, 0.15) is 12.2 Å². The molecule has 1 rings (SSSR count). The molecule has 3 N–H and O–H groups in total. The first-order chi connectivity index (χ1) is 8.04. The van der Waals surface area contributed by atoms with Crippen molar-refractivity contribution in [3.63, 3.8) is 0 Å². The Balaban J connectivity index is 2.57. The van der Waals surface area contributed by atoms with E-state index in [1.165, 1.54) is 11.8 Å². The molecular weight excluding hydrogens is 242 g/mol. The van der Waals surface area contributed by atoms with Crippen LogP contribution in [0.25, 0.3) is 0 Å². The first kappa shape index (κ1) is 13.5. The van der Waals surface area contributed by atoms with Crippen LogP contribution in [-0.2, 0) is 23.1 Å². The zero-order valence-electron chi connectivity index (χ0n) is 9.77. The zero-order chi connectivity index (χ0) is 12.8. The van der Waals surface area contributed by atoms with Crippen LogP contribution in [-0.4, -0.2) is 39.4 Å². The second-order valence-electron chi connectivity index (χ2n) is 3.39. The van der Waals surface area contributed by atoms with E-state index in [1.807, 2.05) is 0 Å². The molecule has 0 aliphatic carbocycles. The summed E-state index contributed by atoms with van der Waals surface area (Å²) in [5, 5.41) is 11.1. The Bertz CT molecular complexity index is 418. The van der Waals surface area contributed by atoms with Crippen molar-refractivity contribution in [3.8, 4) is 0 Å². The molecule has 0 aliphatic rings. The summed E-state index contributed by atoms with van der Waals surface area (Å²) < 4.78 is 1.76. The minimum atomic E-state index is -0.368. The highest BCUT2D eigenvalue weighted by atomic mass is 32.2. The van der Waals surface area contributed by atoms with Gasteiger partial charge in [-0.05, 0) is 0 Å². The first-order valence-electron chi connectivity index (χ1n) is 5.04. The minimum Gasteiger partial charge on any atom is -0.370 e. The molecule has 1 aromatic rings. The fraction of sp³-hybridized carbons (Fsp3) is 0.556. The van der Waals surface area contributed by atoms with Crippen molar-refractivity contribution in [2.75, 3.05) is 12.8 Å². The molecule has 0 unspecified atom stereocenters.